The van der Waals surface area contributed by atoms with Crippen LogP contribution < -0.4 is 10.6 Å². The monoisotopic (exact) mass is 284 g/mol. The van der Waals surface area contributed by atoms with Gasteiger partial charge >= 0.3 is 0 Å². The van der Waals surface area contributed by atoms with Crippen molar-refractivity contribution in [3.8, 4) is 0 Å². The minimum atomic E-state index is -0.369. The summed E-state index contributed by atoms with van der Waals surface area (Å²) >= 11 is 0. The van der Waals surface area contributed by atoms with Crippen LogP contribution in [0.15, 0.2) is 18.2 Å². The summed E-state index contributed by atoms with van der Waals surface area (Å²) in [5.41, 5.74) is 7.27. The quantitative estimate of drug-likeness (QED) is 0.796. The van der Waals surface area contributed by atoms with Gasteiger partial charge in [-0.3, -0.25) is 0 Å². The fourth-order valence-corrected chi connectivity index (χ4v) is 2.33. The van der Waals surface area contributed by atoms with E-state index in [-0.39, 0.29) is 17.9 Å². The molecule has 0 saturated heterocycles. The van der Waals surface area contributed by atoms with Gasteiger partial charge in [-0.2, -0.15) is 0 Å². The van der Waals surface area contributed by atoms with Crippen molar-refractivity contribution in [2.24, 2.45) is 5.73 Å². The van der Waals surface area contributed by atoms with Gasteiger partial charge in [-0.05, 0) is 26.0 Å². The first-order valence-corrected chi connectivity index (χ1v) is 6.81. The van der Waals surface area contributed by atoms with E-state index in [2.05, 4.69) is 4.90 Å². The zero-order chi connectivity index (χ0) is 15.1. The first kappa shape index (κ1) is 16.9. The Kier molecular flexibility index (Phi) is 6.91. The van der Waals surface area contributed by atoms with Crippen LogP contribution in [0.4, 0.5) is 10.1 Å². The first-order chi connectivity index (χ1) is 9.52. The molecule has 0 aliphatic rings. The maximum Gasteiger partial charge on any atom is 0.130 e. The van der Waals surface area contributed by atoms with E-state index < -0.39 is 0 Å². The molecule has 0 spiro atoms. The highest BCUT2D eigenvalue weighted by Crippen LogP contribution is 2.29. The lowest BCUT2D eigenvalue weighted by molar-refractivity contribution is 0.171. The predicted octanol–water partition coefficient (Wildman–Crippen LogP) is 2.33. The topological polar surface area (TPSA) is 47.7 Å². The van der Waals surface area contributed by atoms with Crippen molar-refractivity contribution in [1.29, 1.82) is 0 Å². The van der Waals surface area contributed by atoms with Gasteiger partial charge in [-0.1, -0.05) is 6.07 Å². The Morgan fingerprint density at radius 3 is 2.50 bits per heavy atom. The standard InChI is InChI=1S/C15H25FN2O2/c1-11(10-20-4)18(8-9-19-3)14-7-5-6-13(16)15(14)12(2)17/h5-7,11-12H,8-10,17H2,1-4H3. The van der Waals surface area contributed by atoms with Crippen molar-refractivity contribution in [1.82, 2.24) is 0 Å². The summed E-state index contributed by atoms with van der Waals surface area (Å²) in [4.78, 5) is 2.08. The number of anilines is 1. The summed E-state index contributed by atoms with van der Waals surface area (Å²) in [5, 5.41) is 0. The molecule has 0 amide bonds. The molecule has 2 N–H and O–H groups in total. The van der Waals surface area contributed by atoms with Crippen molar-refractivity contribution in [3.05, 3.63) is 29.6 Å². The smallest absolute Gasteiger partial charge is 0.130 e. The molecule has 20 heavy (non-hydrogen) atoms. The van der Waals surface area contributed by atoms with Crippen LogP contribution in [0, 0.1) is 5.82 Å². The molecule has 0 saturated carbocycles. The Morgan fingerprint density at radius 1 is 1.25 bits per heavy atom. The molecule has 0 heterocycles. The van der Waals surface area contributed by atoms with Gasteiger partial charge in [-0.25, -0.2) is 4.39 Å². The molecule has 0 aliphatic carbocycles. The van der Waals surface area contributed by atoms with Crippen molar-refractivity contribution in [2.75, 3.05) is 38.9 Å². The molecular formula is C15H25FN2O2. The van der Waals surface area contributed by atoms with Gasteiger partial charge in [0.05, 0.1) is 13.2 Å². The number of nitrogens with zero attached hydrogens (tertiary/aromatic N) is 1. The fraction of sp³-hybridized carbons (Fsp3) is 0.600. The molecule has 4 nitrogen and oxygen atoms in total. The summed E-state index contributed by atoms with van der Waals surface area (Å²) in [7, 11) is 3.31. The first-order valence-electron chi connectivity index (χ1n) is 6.81. The lowest BCUT2D eigenvalue weighted by atomic mass is 10.0. The highest BCUT2D eigenvalue weighted by Gasteiger charge is 2.21. The molecule has 1 aromatic rings. The van der Waals surface area contributed by atoms with Crippen LogP contribution in [0.2, 0.25) is 0 Å². The Bertz CT molecular complexity index is 413. The van der Waals surface area contributed by atoms with Crippen LogP contribution in [0.1, 0.15) is 25.5 Å². The highest BCUT2D eigenvalue weighted by molar-refractivity contribution is 5.56. The third-order valence-corrected chi connectivity index (χ3v) is 3.27. The van der Waals surface area contributed by atoms with Gasteiger partial charge < -0.3 is 20.1 Å². The van der Waals surface area contributed by atoms with Crippen LogP contribution in [0.5, 0.6) is 0 Å². The van der Waals surface area contributed by atoms with Crippen LogP contribution in [-0.4, -0.2) is 40.0 Å². The highest BCUT2D eigenvalue weighted by atomic mass is 19.1. The fourth-order valence-electron chi connectivity index (χ4n) is 2.33. The zero-order valence-corrected chi connectivity index (χ0v) is 12.7. The molecule has 1 aromatic carbocycles. The summed E-state index contributed by atoms with van der Waals surface area (Å²) in [6, 6.07) is 4.78. The molecule has 2 unspecified atom stereocenters. The van der Waals surface area contributed by atoms with Crippen molar-refractivity contribution < 1.29 is 13.9 Å². The van der Waals surface area contributed by atoms with E-state index in [0.29, 0.717) is 25.3 Å². The zero-order valence-electron chi connectivity index (χ0n) is 12.7. The minimum absolute atomic E-state index is 0.106. The van der Waals surface area contributed by atoms with E-state index in [4.69, 9.17) is 15.2 Å². The lowest BCUT2D eigenvalue weighted by Crippen LogP contribution is -2.39. The van der Waals surface area contributed by atoms with Gasteiger partial charge in [0.1, 0.15) is 5.82 Å². The Morgan fingerprint density at radius 2 is 1.95 bits per heavy atom. The largest absolute Gasteiger partial charge is 0.383 e. The molecule has 114 valence electrons. The molecule has 0 bridgehead atoms. The van der Waals surface area contributed by atoms with E-state index in [0.717, 1.165) is 5.69 Å². The molecule has 1 rings (SSSR count). The molecule has 5 heteroatoms. The van der Waals surface area contributed by atoms with Crippen LogP contribution in [0.3, 0.4) is 0 Å². The SMILES string of the molecule is COCCN(c1cccc(F)c1C(C)N)C(C)COC. The number of hydrogen-bond acceptors (Lipinski definition) is 4. The van der Waals surface area contributed by atoms with Gasteiger partial charge in [-0.15, -0.1) is 0 Å². The summed E-state index contributed by atoms with van der Waals surface area (Å²) in [6.45, 7) is 5.60. The van der Waals surface area contributed by atoms with Gasteiger partial charge in [0.25, 0.3) is 0 Å². The van der Waals surface area contributed by atoms with Gasteiger partial charge in [0.15, 0.2) is 0 Å². The van der Waals surface area contributed by atoms with Crippen molar-refractivity contribution in [2.45, 2.75) is 25.9 Å². The normalized spacial score (nSPS) is 14.1. The second-order valence-corrected chi connectivity index (χ2v) is 4.95. The Balaban J connectivity index is 3.15. The molecule has 0 fully saturated rings. The summed E-state index contributed by atoms with van der Waals surface area (Å²) in [6.07, 6.45) is 0. The third kappa shape index (κ3) is 4.16. The average Bonchev–Trinajstić information content (AvgIpc) is 2.39. The van der Waals surface area contributed by atoms with E-state index in [1.807, 2.05) is 13.0 Å². The van der Waals surface area contributed by atoms with Gasteiger partial charge in [0, 0.05) is 44.1 Å². The number of rotatable bonds is 8. The Labute approximate surface area is 120 Å². The maximum absolute atomic E-state index is 14.1. The average molecular weight is 284 g/mol. The van der Waals surface area contributed by atoms with Crippen LogP contribution >= 0.6 is 0 Å². The van der Waals surface area contributed by atoms with E-state index in [9.17, 15) is 4.39 Å². The number of nitrogens with two attached hydrogens (primary N) is 1. The molecule has 0 radical (unpaired) electrons. The van der Waals surface area contributed by atoms with Crippen LogP contribution in [-0.2, 0) is 9.47 Å². The van der Waals surface area contributed by atoms with Crippen LogP contribution in [0.25, 0.3) is 0 Å². The maximum atomic E-state index is 14.1. The molecule has 0 aliphatic heterocycles. The number of halogens is 1. The van der Waals surface area contributed by atoms with Crippen molar-refractivity contribution in [3.63, 3.8) is 0 Å². The van der Waals surface area contributed by atoms with Gasteiger partial charge in [0.2, 0.25) is 0 Å². The molecule has 0 aromatic heterocycles. The number of benzene rings is 1. The molecular weight excluding hydrogens is 259 g/mol. The van der Waals surface area contributed by atoms with E-state index in [1.54, 1.807) is 27.2 Å². The second kappa shape index (κ2) is 8.19. The summed E-state index contributed by atoms with van der Waals surface area (Å²) in [5.74, 6) is -0.274. The van der Waals surface area contributed by atoms with E-state index >= 15 is 0 Å². The van der Waals surface area contributed by atoms with Crippen molar-refractivity contribution >= 4 is 5.69 Å². The number of ether oxygens (including phenoxy) is 2. The summed E-state index contributed by atoms with van der Waals surface area (Å²) < 4.78 is 24.4. The lowest BCUT2D eigenvalue weighted by Gasteiger charge is -2.33. The number of hydrogen-bond donors (Lipinski definition) is 1. The minimum Gasteiger partial charge on any atom is -0.383 e. The second-order valence-electron chi connectivity index (χ2n) is 4.95. The third-order valence-electron chi connectivity index (χ3n) is 3.27. The Hall–Kier alpha value is -1.17. The molecule has 2 atom stereocenters. The number of methoxy groups -OCH3 is 2. The van der Waals surface area contributed by atoms with E-state index in [1.165, 1.54) is 6.07 Å². The predicted molar refractivity (Wildman–Crippen MR) is 79.6 cm³/mol.